The molecule has 22 heavy (non-hydrogen) atoms. The fourth-order valence-corrected chi connectivity index (χ4v) is 3.14. The number of rotatable bonds is 6. The molecule has 2 rings (SSSR count). The van der Waals surface area contributed by atoms with Crippen molar-refractivity contribution < 1.29 is 10.4 Å². The van der Waals surface area contributed by atoms with Crippen LogP contribution in [0.1, 0.15) is 57.1 Å². The predicted octanol–water partition coefficient (Wildman–Crippen LogP) is 4.70. The first-order chi connectivity index (χ1) is 10.7. The third-order valence-corrected chi connectivity index (χ3v) is 4.33. The van der Waals surface area contributed by atoms with E-state index in [0.29, 0.717) is 5.71 Å². The Kier molecular flexibility index (Phi) is 5.75. The zero-order valence-corrected chi connectivity index (χ0v) is 13.3. The van der Waals surface area contributed by atoms with Crippen LogP contribution in [0.15, 0.2) is 40.1 Å². The minimum absolute atomic E-state index is 0.165. The zero-order valence-electron chi connectivity index (χ0n) is 13.3. The molecule has 0 aromatic heterocycles. The molecule has 1 aromatic carbocycles. The number of unbranched alkanes of at least 4 members (excludes halogenated alkanes) is 1. The van der Waals surface area contributed by atoms with E-state index in [1.165, 1.54) is 24.0 Å². The highest BCUT2D eigenvalue weighted by Crippen LogP contribution is 2.40. The smallest absolute Gasteiger partial charge is 0.0837 e. The molecule has 4 heteroatoms. The second-order valence-electron chi connectivity index (χ2n) is 5.80. The van der Waals surface area contributed by atoms with E-state index >= 15 is 0 Å². The summed E-state index contributed by atoms with van der Waals surface area (Å²) in [6, 6.07) is 8.06. The minimum atomic E-state index is 0.165. The molecule has 0 saturated carbocycles. The Labute approximate surface area is 131 Å². The number of hydrogen-bond acceptors (Lipinski definition) is 4. The van der Waals surface area contributed by atoms with Crippen molar-refractivity contribution in [2.45, 2.75) is 46.0 Å². The van der Waals surface area contributed by atoms with Gasteiger partial charge in [-0.05, 0) is 55.4 Å². The molecule has 2 N–H and O–H groups in total. The standard InChI is InChI=1S/C18H24N2O2/c1-3-4-6-14-9-10-17(12-19-21)18(14)16-8-5-7-15(11-16)13(2)20-22/h5,7-8,11-12,17,21-22H,3-4,6,9-10H2,1-2H3. The van der Waals surface area contributed by atoms with Crippen LogP contribution in [0.2, 0.25) is 0 Å². The highest BCUT2D eigenvalue weighted by Gasteiger charge is 2.25. The van der Waals surface area contributed by atoms with Gasteiger partial charge in [-0.15, -0.1) is 5.16 Å². The van der Waals surface area contributed by atoms with Gasteiger partial charge in [0.1, 0.15) is 0 Å². The first-order valence-electron chi connectivity index (χ1n) is 7.90. The third-order valence-electron chi connectivity index (χ3n) is 4.33. The summed E-state index contributed by atoms with van der Waals surface area (Å²) < 4.78 is 0. The maximum atomic E-state index is 8.97. The molecular weight excluding hydrogens is 276 g/mol. The molecule has 1 aromatic rings. The minimum Gasteiger partial charge on any atom is -0.411 e. The van der Waals surface area contributed by atoms with Gasteiger partial charge in [-0.1, -0.05) is 42.3 Å². The van der Waals surface area contributed by atoms with E-state index in [0.717, 1.165) is 30.4 Å². The second kappa shape index (κ2) is 7.78. The molecule has 1 aliphatic carbocycles. The predicted molar refractivity (Wildman–Crippen MR) is 89.9 cm³/mol. The SMILES string of the molecule is CCCCC1=C(c2cccc(C(C)=NO)c2)C(C=NO)CC1. The van der Waals surface area contributed by atoms with Gasteiger partial charge in [0.2, 0.25) is 0 Å². The van der Waals surface area contributed by atoms with Crippen molar-refractivity contribution in [3.05, 3.63) is 41.0 Å². The molecule has 0 fully saturated rings. The number of oxime groups is 2. The van der Waals surface area contributed by atoms with Crippen molar-refractivity contribution in [2.24, 2.45) is 16.2 Å². The van der Waals surface area contributed by atoms with Crippen LogP contribution in [-0.2, 0) is 0 Å². The molecule has 0 heterocycles. The Morgan fingerprint density at radius 2 is 2.18 bits per heavy atom. The van der Waals surface area contributed by atoms with E-state index in [4.69, 9.17) is 10.4 Å². The van der Waals surface area contributed by atoms with Gasteiger partial charge in [0.15, 0.2) is 0 Å². The van der Waals surface area contributed by atoms with Crippen LogP contribution >= 0.6 is 0 Å². The third kappa shape index (κ3) is 3.56. The van der Waals surface area contributed by atoms with Gasteiger partial charge < -0.3 is 10.4 Å². The van der Waals surface area contributed by atoms with Crippen molar-refractivity contribution in [2.75, 3.05) is 0 Å². The van der Waals surface area contributed by atoms with Crippen molar-refractivity contribution >= 4 is 17.5 Å². The molecule has 0 aliphatic heterocycles. The van der Waals surface area contributed by atoms with Crippen molar-refractivity contribution in [1.29, 1.82) is 0 Å². The van der Waals surface area contributed by atoms with Gasteiger partial charge in [-0.3, -0.25) is 0 Å². The molecule has 1 unspecified atom stereocenters. The highest BCUT2D eigenvalue weighted by atomic mass is 16.4. The Morgan fingerprint density at radius 3 is 2.86 bits per heavy atom. The molecule has 0 saturated heterocycles. The lowest BCUT2D eigenvalue weighted by Crippen LogP contribution is -2.03. The van der Waals surface area contributed by atoms with Crippen molar-refractivity contribution in [3.63, 3.8) is 0 Å². The van der Waals surface area contributed by atoms with Gasteiger partial charge in [-0.25, -0.2) is 0 Å². The average Bonchev–Trinajstić information content (AvgIpc) is 2.95. The van der Waals surface area contributed by atoms with Gasteiger partial charge in [0, 0.05) is 5.92 Å². The van der Waals surface area contributed by atoms with Gasteiger partial charge in [-0.2, -0.15) is 0 Å². The Balaban J connectivity index is 2.43. The van der Waals surface area contributed by atoms with Crippen LogP contribution in [-0.4, -0.2) is 22.3 Å². The molecule has 0 amide bonds. The first-order valence-corrected chi connectivity index (χ1v) is 7.90. The normalized spacial score (nSPS) is 19.4. The van der Waals surface area contributed by atoms with Crippen LogP contribution in [0.3, 0.4) is 0 Å². The van der Waals surface area contributed by atoms with E-state index in [-0.39, 0.29) is 5.92 Å². The summed E-state index contributed by atoms with van der Waals surface area (Å²) in [4.78, 5) is 0. The summed E-state index contributed by atoms with van der Waals surface area (Å²) in [6.07, 6.45) is 7.14. The summed E-state index contributed by atoms with van der Waals surface area (Å²) in [5.41, 5.74) is 5.38. The Bertz CT molecular complexity index is 603. The molecule has 1 atom stereocenters. The summed E-state index contributed by atoms with van der Waals surface area (Å²) in [5.74, 6) is 0.165. The van der Waals surface area contributed by atoms with E-state index in [1.807, 2.05) is 12.1 Å². The summed E-state index contributed by atoms with van der Waals surface area (Å²) >= 11 is 0. The molecule has 4 nitrogen and oxygen atoms in total. The maximum absolute atomic E-state index is 8.97. The first kappa shape index (κ1) is 16.3. The number of allylic oxidation sites excluding steroid dienone is 2. The molecule has 0 radical (unpaired) electrons. The fourth-order valence-electron chi connectivity index (χ4n) is 3.14. The fraction of sp³-hybridized carbons (Fsp3) is 0.444. The lowest BCUT2D eigenvalue weighted by atomic mass is 9.91. The summed E-state index contributed by atoms with van der Waals surface area (Å²) in [7, 11) is 0. The van der Waals surface area contributed by atoms with Crippen LogP contribution in [0.4, 0.5) is 0 Å². The monoisotopic (exact) mass is 300 g/mol. The zero-order chi connectivity index (χ0) is 15.9. The van der Waals surface area contributed by atoms with Gasteiger partial charge >= 0.3 is 0 Å². The van der Waals surface area contributed by atoms with Crippen LogP contribution in [0.25, 0.3) is 5.57 Å². The Morgan fingerprint density at radius 1 is 1.36 bits per heavy atom. The molecule has 1 aliphatic rings. The average molecular weight is 300 g/mol. The lowest BCUT2D eigenvalue weighted by molar-refractivity contribution is 0.319. The highest BCUT2D eigenvalue weighted by molar-refractivity contribution is 5.99. The van der Waals surface area contributed by atoms with Crippen molar-refractivity contribution in [1.82, 2.24) is 0 Å². The Hall–Kier alpha value is -2.10. The van der Waals surface area contributed by atoms with E-state index < -0.39 is 0 Å². The van der Waals surface area contributed by atoms with Crippen LogP contribution in [0, 0.1) is 5.92 Å². The topological polar surface area (TPSA) is 65.2 Å². The molecule has 118 valence electrons. The quantitative estimate of drug-likeness (QED) is 0.454. The second-order valence-corrected chi connectivity index (χ2v) is 5.80. The van der Waals surface area contributed by atoms with E-state index in [1.54, 1.807) is 13.1 Å². The number of benzene rings is 1. The lowest BCUT2D eigenvalue weighted by Gasteiger charge is -2.13. The van der Waals surface area contributed by atoms with E-state index in [9.17, 15) is 0 Å². The van der Waals surface area contributed by atoms with Gasteiger partial charge in [0.05, 0.1) is 11.9 Å². The van der Waals surface area contributed by atoms with Crippen molar-refractivity contribution in [3.8, 4) is 0 Å². The molecule has 0 spiro atoms. The number of hydrogen-bond donors (Lipinski definition) is 2. The summed E-state index contributed by atoms with van der Waals surface area (Å²) in [6.45, 7) is 3.98. The summed E-state index contributed by atoms with van der Waals surface area (Å²) in [5, 5.41) is 24.4. The number of nitrogens with zero attached hydrogens (tertiary/aromatic N) is 2. The van der Waals surface area contributed by atoms with E-state index in [2.05, 4.69) is 29.4 Å². The maximum Gasteiger partial charge on any atom is 0.0837 e. The largest absolute Gasteiger partial charge is 0.411 e. The molecule has 0 bridgehead atoms. The molecular formula is C18H24N2O2. The van der Waals surface area contributed by atoms with Crippen LogP contribution < -0.4 is 0 Å². The van der Waals surface area contributed by atoms with Gasteiger partial charge in [0.25, 0.3) is 0 Å². The van der Waals surface area contributed by atoms with Crippen LogP contribution in [0.5, 0.6) is 0 Å².